The van der Waals surface area contributed by atoms with Crippen LogP contribution in [-0.4, -0.2) is 43.6 Å². The van der Waals surface area contributed by atoms with Gasteiger partial charge in [-0.25, -0.2) is 9.59 Å². The van der Waals surface area contributed by atoms with Crippen molar-refractivity contribution >= 4 is 22.9 Å². The zero-order chi connectivity index (χ0) is 16.6. The van der Waals surface area contributed by atoms with Crippen LogP contribution in [0.25, 0.3) is 11.0 Å². The summed E-state index contributed by atoms with van der Waals surface area (Å²) in [5.74, 6) is -1.17. The van der Waals surface area contributed by atoms with Gasteiger partial charge in [-0.05, 0) is 25.0 Å². The number of benzene rings is 1. The molecule has 7 nitrogen and oxygen atoms in total. The normalized spacial score (nSPS) is 17.8. The number of aliphatic carboxylic acids is 1. The summed E-state index contributed by atoms with van der Waals surface area (Å²) in [4.78, 5) is 37.2. The molecule has 7 heteroatoms. The molecule has 0 aliphatic carbocycles. The quantitative estimate of drug-likeness (QED) is 0.904. The molecule has 1 aromatic carbocycles. The highest BCUT2D eigenvalue weighted by Gasteiger charge is 2.33. The number of amides is 1. The first kappa shape index (κ1) is 15.3. The van der Waals surface area contributed by atoms with Crippen molar-refractivity contribution in [3.8, 4) is 0 Å². The summed E-state index contributed by atoms with van der Waals surface area (Å²) < 4.78 is 3.12. The number of aromatic nitrogens is 2. The van der Waals surface area contributed by atoms with Crippen LogP contribution in [0, 0.1) is 0 Å². The summed E-state index contributed by atoms with van der Waals surface area (Å²) in [7, 11) is 1.70. The predicted octanol–water partition coefficient (Wildman–Crippen LogP) is 0.806. The van der Waals surface area contributed by atoms with E-state index >= 15 is 0 Å². The number of hydrogen-bond donors (Lipinski definition) is 1. The van der Waals surface area contributed by atoms with Gasteiger partial charge in [0.2, 0.25) is 5.91 Å². The van der Waals surface area contributed by atoms with Crippen LogP contribution in [0.15, 0.2) is 29.1 Å². The SMILES string of the molecule is Cn1c(=O)n(CCC(=O)N2CCC[C@@H]2C(=O)O)c2ccccc21. The van der Waals surface area contributed by atoms with Gasteiger partial charge in [-0.1, -0.05) is 12.1 Å². The molecule has 0 unspecified atom stereocenters. The molecular weight excluding hydrogens is 298 g/mol. The van der Waals surface area contributed by atoms with E-state index in [0.29, 0.717) is 19.4 Å². The Bertz CT molecular complexity index is 820. The molecule has 0 bridgehead atoms. The van der Waals surface area contributed by atoms with Crippen LogP contribution in [0.5, 0.6) is 0 Å². The number of hydrogen-bond acceptors (Lipinski definition) is 3. The number of likely N-dealkylation sites (tertiary alicyclic amines) is 1. The average Bonchev–Trinajstić information content (AvgIpc) is 3.11. The minimum Gasteiger partial charge on any atom is -0.480 e. The van der Waals surface area contributed by atoms with Crippen molar-refractivity contribution in [1.29, 1.82) is 0 Å². The maximum atomic E-state index is 12.3. The molecule has 1 aliphatic rings. The van der Waals surface area contributed by atoms with Gasteiger partial charge in [0.1, 0.15) is 6.04 Å². The van der Waals surface area contributed by atoms with Crippen molar-refractivity contribution in [1.82, 2.24) is 14.0 Å². The van der Waals surface area contributed by atoms with Crippen LogP contribution in [0.4, 0.5) is 0 Å². The van der Waals surface area contributed by atoms with Gasteiger partial charge in [-0.15, -0.1) is 0 Å². The van der Waals surface area contributed by atoms with Gasteiger partial charge in [0.05, 0.1) is 11.0 Å². The molecule has 122 valence electrons. The lowest BCUT2D eigenvalue weighted by molar-refractivity contribution is -0.148. The van der Waals surface area contributed by atoms with E-state index in [1.807, 2.05) is 24.3 Å². The summed E-state index contributed by atoms with van der Waals surface area (Å²) in [6.45, 7) is 0.724. The van der Waals surface area contributed by atoms with Gasteiger partial charge in [0.15, 0.2) is 0 Å². The Labute approximate surface area is 132 Å². The fourth-order valence-electron chi connectivity index (χ4n) is 3.25. The van der Waals surface area contributed by atoms with Crippen molar-refractivity contribution in [3.63, 3.8) is 0 Å². The molecule has 1 N–H and O–H groups in total. The van der Waals surface area contributed by atoms with Crippen LogP contribution >= 0.6 is 0 Å². The van der Waals surface area contributed by atoms with Crippen LogP contribution < -0.4 is 5.69 Å². The Morgan fingerprint density at radius 3 is 2.65 bits per heavy atom. The van der Waals surface area contributed by atoms with Gasteiger partial charge < -0.3 is 10.0 Å². The van der Waals surface area contributed by atoms with E-state index in [1.165, 1.54) is 4.90 Å². The Kier molecular flexibility index (Phi) is 3.94. The number of carboxylic acid groups (broad SMARTS) is 1. The van der Waals surface area contributed by atoms with E-state index in [1.54, 1.807) is 16.2 Å². The second-order valence-electron chi connectivity index (χ2n) is 5.82. The number of carbonyl (C=O) groups excluding carboxylic acids is 1. The molecule has 2 aromatic rings. The third kappa shape index (κ3) is 2.62. The first-order valence-electron chi connectivity index (χ1n) is 7.67. The average molecular weight is 317 g/mol. The summed E-state index contributed by atoms with van der Waals surface area (Å²) >= 11 is 0. The molecule has 23 heavy (non-hydrogen) atoms. The molecule has 1 atom stereocenters. The van der Waals surface area contributed by atoms with Gasteiger partial charge in [-0.2, -0.15) is 0 Å². The zero-order valence-electron chi connectivity index (χ0n) is 12.9. The third-order valence-electron chi connectivity index (χ3n) is 4.46. The summed E-state index contributed by atoms with van der Waals surface area (Å²) in [6, 6.07) is 6.68. The summed E-state index contributed by atoms with van der Waals surface area (Å²) in [6.07, 6.45) is 1.32. The lowest BCUT2D eigenvalue weighted by atomic mass is 10.2. The molecule has 1 aromatic heterocycles. The summed E-state index contributed by atoms with van der Waals surface area (Å²) in [5, 5.41) is 9.15. The number of carbonyl (C=O) groups is 2. The van der Waals surface area contributed by atoms with E-state index in [0.717, 1.165) is 11.0 Å². The van der Waals surface area contributed by atoms with E-state index in [9.17, 15) is 14.4 Å². The lowest BCUT2D eigenvalue weighted by Gasteiger charge is -2.21. The maximum Gasteiger partial charge on any atom is 0.328 e. The van der Waals surface area contributed by atoms with Gasteiger partial charge in [0.25, 0.3) is 0 Å². The smallest absolute Gasteiger partial charge is 0.328 e. The number of aryl methyl sites for hydroxylation is 2. The third-order valence-corrected chi connectivity index (χ3v) is 4.46. The molecule has 1 aliphatic heterocycles. The number of carboxylic acids is 1. The Morgan fingerprint density at radius 2 is 1.96 bits per heavy atom. The number of para-hydroxylation sites is 2. The van der Waals surface area contributed by atoms with Crippen molar-refractivity contribution in [2.24, 2.45) is 7.05 Å². The van der Waals surface area contributed by atoms with Crippen LogP contribution in [-0.2, 0) is 23.2 Å². The first-order valence-corrected chi connectivity index (χ1v) is 7.67. The van der Waals surface area contributed by atoms with Gasteiger partial charge >= 0.3 is 11.7 Å². The van der Waals surface area contributed by atoms with Crippen LogP contribution in [0.2, 0.25) is 0 Å². The molecule has 0 radical (unpaired) electrons. The lowest BCUT2D eigenvalue weighted by Crippen LogP contribution is -2.41. The highest BCUT2D eigenvalue weighted by atomic mass is 16.4. The Morgan fingerprint density at radius 1 is 1.26 bits per heavy atom. The predicted molar refractivity (Wildman–Crippen MR) is 84.2 cm³/mol. The highest BCUT2D eigenvalue weighted by Crippen LogP contribution is 2.19. The number of fused-ring (bicyclic) bond motifs is 1. The van der Waals surface area contributed by atoms with E-state index in [-0.39, 0.29) is 24.6 Å². The molecule has 0 spiro atoms. The fraction of sp³-hybridized carbons (Fsp3) is 0.438. The number of imidazole rings is 1. The molecular formula is C16H19N3O4. The monoisotopic (exact) mass is 317 g/mol. The highest BCUT2D eigenvalue weighted by molar-refractivity contribution is 5.84. The second-order valence-corrected chi connectivity index (χ2v) is 5.82. The van der Waals surface area contributed by atoms with Crippen LogP contribution in [0.1, 0.15) is 19.3 Å². The fourth-order valence-corrected chi connectivity index (χ4v) is 3.25. The molecule has 0 saturated carbocycles. The van der Waals surface area contributed by atoms with Crippen molar-refractivity contribution < 1.29 is 14.7 Å². The van der Waals surface area contributed by atoms with Crippen LogP contribution in [0.3, 0.4) is 0 Å². The molecule has 1 fully saturated rings. The summed E-state index contributed by atoms with van der Waals surface area (Å²) in [5.41, 5.74) is 1.42. The van der Waals surface area contributed by atoms with Gasteiger partial charge in [0, 0.05) is 26.6 Å². The first-order chi connectivity index (χ1) is 11.0. The van der Waals surface area contributed by atoms with E-state index < -0.39 is 12.0 Å². The minimum atomic E-state index is -0.960. The standard InChI is InChI=1S/C16H19N3O4/c1-17-11-5-2-3-6-12(11)19(16(17)23)10-8-14(20)18-9-4-7-13(18)15(21)22/h2-3,5-6,13H,4,7-10H2,1H3,(H,21,22)/t13-/m1/s1. The topological polar surface area (TPSA) is 84.5 Å². The maximum absolute atomic E-state index is 12.3. The molecule has 2 heterocycles. The molecule has 1 saturated heterocycles. The Balaban J connectivity index is 1.79. The Hall–Kier alpha value is -2.57. The van der Waals surface area contributed by atoms with E-state index in [2.05, 4.69) is 0 Å². The second kappa shape index (κ2) is 5.91. The van der Waals surface area contributed by atoms with E-state index in [4.69, 9.17) is 5.11 Å². The van der Waals surface area contributed by atoms with Crippen molar-refractivity contribution in [3.05, 3.63) is 34.7 Å². The molecule has 1 amide bonds. The zero-order valence-corrected chi connectivity index (χ0v) is 12.9. The van der Waals surface area contributed by atoms with Crippen molar-refractivity contribution in [2.75, 3.05) is 6.54 Å². The molecule has 3 rings (SSSR count). The van der Waals surface area contributed by atoms with Gasteiger partial charge in [-0.3, -0.25) is 13.9 Å². The van der Waals surface area contributed by atoms with Crippen molar-refractivity contribution in [2.45, 2.75) is 31.8 Å². The largest absolute Gasteiger partial charge is 0.480 e. The minimum absolute atomic E-state index is 0.123. The number of nitrogens with zero attached hydrogens (tertiary/aromatic N) is 3. The number of rotatable bonds is 4.